The lowest BCUT2D eigenvalue weighted by molar-refractivity contribution is -0.129. The van der Waals surface area contributed by atoms with Gasteiger partial charge in [-0.25, -0.2) is 13.6 Å². The van der Waals surface area contributed by atoms with Gasteiger partial charge in [-0.05, 0) is 0 Å². The fraction of sp³-hybridized carbons (Fsp3) is 0.333. The number of hydrogen-bond donors (Lipinski definition) is 2. The lowest BCUT2D eigenvalue weighted by Gasteiger charge is -1.98. The Hall–Kier alpha value is -1.84. The zero-order chi connectivity index (χ0) is 12.1. The van der Waals surface area contributed by atoms with Crippen LogP contribution in [-0.4, -0.2) is 39.2 Å². The van der Waals surface area contributed by atoms with Gasteiger partial charge in [-0.1, -0.05) is 5.16 Å². The van der Waals surface area contributed by atoms with Gasteiger partial charge in [0.25, 0.3) is 6.43 Å². The van der Waals surface area contributed by atoms with Crippen molar-refractivity contribution in [2.24, 2.45) is 5.16 Å². The van der Waals surface area contributed by atoms with Gasteiger partial charge in [0.05, 0.1) is 0 Å². The molecule has 0 fully saturated rings. The number of carboxylic acid groups (broad SMARTS) is 1. The number of carboxylic acids is 1. The Morgan fingerprint density at radius 1 is 1.69 bits per heavy atom. The summed E-state index contributed by atoms with van der Waals surface area (Å²) in [5.74, 6) is -1.77. The molecule has 10 heteroatoms. The van der Waals surface area contributed by atoms with Crippen molar-refractivity contribution < 1.29 is 23.5 Å². The van der Waals surface area contributed by atoms with Crippen LogP contribution in [0.2, 0.25) is 0 Å². The average Bonchev–Trinajstić information content (AvgIpc) is 2.58. The summed E-state index contributed by atoms with van der Waals surface area (Å²) in [4.78, 5) is 18.3. The van der Waals surface area contributed by atoms with Crippen LogP contribution >= 0.6 is 11.5 Å². The molecule has 0 amide bonds. The number of hydrogen-bond acceptors (Lipinski definition) is 7. The first-order valence-corrected chi connectivity index (χ1v) is 4.59. The lowest BCUT2D eigenvalue weighted by atomic mass is 10.4. The third-order valence-electron chi connectivity index (χ3n) is 1.21. The molecule has 0 radical (unpaired) electrons. The number of aromatic nitrogens is 2. The van der Waals surface area contributed by atoms with Gasteiger partial charge in [-0.3, -0.25) is 0 Å². The number of rotatable bonds is 5. The van der Waals surface area contributed by atoms with E-state index in [2.05, 4.69) is 19.4 Å². The normalized spacial score (nSPS) is 11.8. The second-order valence-electron chi connectivity index (χ2n) is 2.39. The highest BCUT2D eigenvalue weighted by Gasteiger charge is 2.19. The molecule has 7 nitrogen and oxygen atoms in total. The molecule has 0 atom stereocenters. The number of anilines is 1. The number of aliphatic carboxylic acids is 1. The Bertz CT molecular complexity index is 408. The summed E-state index contributed by atoms with van der Waals surface area (Å²) in [6.45, 7) is -1.00. The molecule has 1 aromatic rings. The number of nitrogens with zero attached hydrogens (tertiary/aromatic N) is 3. The number of oxime groups is 1. The van der Waals surface area contributed by atoms with Crippen LogP contribution in [0.5, 0.6) is 0 Å². The fourth-order valence-electron chi connectivity index (χ4n) is 0.665. The zero-order valence-electron chi connectivity index (χ0n) is 7.63. The van der Waals surface area contributed by atoms with E-state index >= 15 is 0 Å². The standard InChI is InChI=1S/C6H6F2N4O3S/c7-2(8)1-15-11-3(5(13)14)4-10-6(9)16-12-4/h2H,1H2,(H,13,14)(H2,9,10,12)/b11-3-. The first-order valence-electron chi connectivity index (χ1n) is 3.81. The molecular formula is C6H6F2N4O3S. The van der Waals surface area contributed by atoms with Gasteiger partial charge < -0.3 is 15.7 Å². The van der Waals surface area contributed by atoms with Gasteiger partial charge in [-0.15, -0.1) is 0 Å². The lowest BCUT2D eigenvalue weighted by Crippen LogP contribution is -2.17. The van der Waals surface area contributed by atoms with E-state index in [9.17, 15) is 13.6 Å². The van der Waals surface area contributed by atoms with E-state index in [-0.39, 0.29) is 11.0 Å². The maximum atomic E-state index is 11.7. The molecule has 0 aliphatic heterocycles. The monoisotopic (exact) mass is 252 g/mol. The topological polar surface area (TPSA) is 111 Å². The summed E-state index contributed by atoms with van der Waals surface area (Å²) in [5.41, 5.74) is 4.56. The first-order chi connectivity index (χ1) is 7.50. The SMILES string of the molecule is Nc1nc(/C(=N/OCC(F)F)C(=O)O)ns1. The third kappa shape index (κ3) is 3.38. The van der Waals surface area contributed by atoms with Crippen molar-refractivity contribution in [3.8, 4) is 0 Å². The molecule has 0 saturated carbocycles. The number of halogens is 2. The summed E-state index contributed by atoms with van der Waals surface area (Å²) >= 11 is 0.759. The Morgan fingerprint density at radius 2 is 2.38 bits per heavy atom. The molecule has 0 spiro atoms. The Kier molecular flexibility index (Phi) is 4.05. The molecule has 3 N–H and O–H groups in total. The van der Waals surface area contributed by atoms with E-state index in [1.807, 2.05) is 0 Å². The predicted molar refractivity (Wildman–Crippen MR) is 50.5 cm³/mol. The quantitative estimate of drug-likeness (QED) is 0.571. The molecular weight excluding hydrogens is 246 g/mol. The highest BCUT2D eigenvalue weighted by molar-refractivity contribution is 7.09. The van der Waals surface area contributed by atoms with Gasteiger partial charge in [0, 0.05) is 11.5 Å². The minimum atomic E-state index is -2.74. The van der Waals surface area contributed by atoms with Crippen LogP contribution in [0.4, 0.5) is 13.9 Å². The van der Waals surface area contributed by atoms with Crippen molar-refractivity contribution in [1.29, 1.82) is 0 Å². The molecule has 1 rings (SSSR count). The van der Waals surface area contributed by atoms with Crippen LogP contribution in [0.25, 0.3) is 0 Å². The Labute approximate surface area is 91.7 Å². The van der Waals surface area contributed by atoms with E-state index in [1.54, 1.807) is 0 Å². The number of alkyl halides is 2. The van der Waals surface area contributed by atoms with Crippen LogP contribution in [-0.2, 0) is 9.63 Å². The van der Waals surface area contributed by atoms with Crippen molar-refractivity contribution in [2.45, 2.75) is 6.43 Å². The van der Waals surface area contributed by atoms with Gasteiger partial charge in [-0.2, -0.15) is 9.36 Å². The van der Waals surface area contributed by atoms with Crippen molar-refractivity contribution in [1.82, 2.24) is 9.36 Å². The maximum absolute atomic E-state index is 11.7. The molecule has 1 aromatic heterocycles. The highest BCUT2D eigenvalue weighted by atomic mass is 32.1. The fourth-order valence-corrected chi connectivity index (χ4v) is 1.10. The van der Waals surface area contributed by atoms with Gasteiger partial charge in [0.15, 0.2) is 11.7 Å². The molecule has 0 aliphatic rings. The predicted octanol–water partition coefficient (Wildman–Crippen LogP) is 0.191. The van der Waals surface area contributed by atoms with Crippen molar-refractivity contribution in [2.75, 3.05) is 12.3 Å². The van der Waals surface area contributed by atoms with Gasteiger partial charge >= 0.3 is 5.97 Å². The molecule has 88 valence electrons. The van der Waals surface area contributed by atoms with Crippen molar-refractivity contribution >= 4 is 28.3 Å². The zero-order valence-corrected chi connectivity index (χ0v) is 8.45. The van der Waals surface area contributed by atoms with Gasteiger partial charge in [0.2, 0.25) is 11.5 Å². The van der Waals surface area contributed by atoms with Crippen LogP contribution in [0.15, 0.2) is 5.16 Å². The second kappa shape index (κ2) is 5.30. The number of carbonyl (C=O) groups is 1. The minimum absolute atomic E-state index is 0.0396. The average molecular weight is 252 g/mol. The van der Waals surface area contributed by atoms with Gasteiger partial charge in [0.1, 0.15) is 0 Å². The summed E-state index contributed by atoms with van der Waals surface area (Å²) in [6.07, 6.45) is -2.74. The smallest absolute Gasteiger partial charge is 0.362 e. The molecule has 16 heavy (non-hydrogen) atoms. The van der Waals surface area contributed by atoms with Crippen LogP contribution in [0, 0.1) is 0 Å². The minimum Gasteiger partial charge on any atom is -0.476 e. The van der Waals surface area contributed by atoms with E-state index in [4.69, 9.17) is 10.8 Å². The molecule has 0 unspecified atom stereocenters. The summed E-state index contributed by atoms with van der Waals surface area (Å²) in [7, 11) is 0. The van der Waals surface area contributed by atoms with Crippen molar-refractivity contribution in [3.63, 3.8) is 0 Å². The summed E-state index contributed by atoms with van der Waals surface area (Å²) in [6, 6.07) is 0. The van der Waals surface area contributed by atoms with Crippen molar-refractivity contribution in [3.05, 3.63) is 5.82 Å². The maximum Gasteiger partial charge on any atom is 0.362 e. The van der Waals surface area contributed by atoms with Crippen LogP contribution in [0.1, 0.15) is 5.82 Å². The molecule has 0 aromatic carbocycles. The molecule has 1 heterocycles. The number of nitrogen functional groups attached to an aromatic ring is 1. The van der Waals surface area contributed by atoms with Crippen LogP contribution < -0.4 is 5.73 Å². The van der Waals surface area contributed by atoms with E-state index in [0.29, 0.717) is 0 Å². The second-order valence-corrected chi connectivity index (χ2v) is 3.17. The summed E-state index contributed by atoms with van der Waals surface area (Å²) in [5, 5.41) is 11.7. The Morgan fingerprint density at radius 3 is 2.81 bits per heavy atom. The molecule has 0 aliphatic carbocycles. The largest absolute Gasteiger partial charge is 0.476 e. The number of nitrogens with two attached hydrogens (primary N) is 1. The van der Waals surface area contributed by atoms with E-state index in [1.165, 1.54) is 0 Å². The van der Waals surface area contributed by atoms with E-state index in [0.717, 1.165) is 11.5 Å². The highest BCUT2D eigenvalue weighted by Crippen LogP contribution is 2.07. The van der Waals surface area contributed by atoms with E-state index < -0.39 is 24.7 Å². The van der Waals surface area contributed by atoms with Crippen LogP contribution in [0.3, 0.4) is 0 Å². The Balaban J connectivity index is 2.79. The first kappa shape index (κ1) is 12.2. The molecule has 0 saturated heterocycles. The molecule has 0 bridgehead atoms. The summed E-state index contributed by atoms with van der Waals surface area (Å²) < 4.78 is 27.0. The third-order valence-corrected chi connectivity index (χ3v) is 1.76.